The third-order valence-electron chi connectivity index (χ3n) is 1.07. The molecule has 0 aliphatic rings. The normalized spacial score (nSPS) is 9.00. The van der Waals surface area contributed by atoms with E-state index in [1.807, 2.05) is 0 Å². The summed E-state index contributed by atoms with van der Waals surface area (Å²) in [4.78, 5) is 14.5. The topological polar surface area (TPSA) is 78.8 Å². The van der Waals surface area contributed by atoms with Gasteiger partial charge in [-0.1, -0.05) is 6.07 Å². The quantitative estimate of drug-likeness (QED) is 0.576. The Hall–Kier alpha value is -1.91. The maximum absolute atomic E-state index is 9.96. The Morgan fingerprint density at radius 2 is 2.25 bits per heavy atom. The van der Waals surface area contributed by atoms with Gasteiger partial charge in [0.1, 0.15) is 5.75 Å². The summed E-state index contributed by atoms with van der Waals surface area (Å²) in [5.41, 5.74) is 1.69. The molecular formula is C7H7NO4. The van der Waals surface area contributed by atoms with Crippen LogP contribution in [-0.4, -0.2) is 16.3 Å². The maximum atomic E-state index is 9.96. The van der Waals surface area contributed by atoms with Gasteiger partial charge in [0.15, 0.2) is 5.75 Å². The Balaban J connectivity index is 2.57. The molecule has 1 amide bonds. The van der Waals surface area contributed by atoms with Crippen LogP contribution < -0.4 is 10.3 Å². The first kappa shape index (κ1) is 8.19. The van der Waals surface area contributed by atoms with E-state index in [4.69, 9.17) is 10.2 Å². The van der Waals surface area contributed by atoms with Crippen LogP contribution in [0.15, 0.2) is 24.3 Å². The second-order valence-corrected chi connectivity index (χ2v) is 2.01. The number of carbonyl (C=O) groups is 1. The minimum absolute atomic E-state index is 0.0136. The van der Waals surface area contributed by atoms with E-state index < -0.39 is 6.09 Å². The second kappa shape index (κ2) is 3.47. The molecule has 0 saturated heterocycles. The lowest BCUT2D eigenvalue weighted by Crippen LogP contribution is -2.24. The van der Waals surface area contributed by atoms with Gasteiger partial charge in [0.05, 0.1) is 0 Å². The summed E-state index contributed by atoms with van der Waals surface area (Å²) >= 11 is 0. The van der Waals surface area contributed by atoms with Crippen molar-refractivity contribution in [2.24, 2.45) is 0 Å². The molecule has 0 unspecified atom stereocenters. The summed E-state index contributed by atoms with van der Waals surface area (Å²) in [6.45, 7) is 0. The number of hydrogen-bond acceptors (Lipinski definition) is 3. The molecule has 0 aromatic heterocycles. The molecule has 5 nitrogen and oxygen atoms in total. The van der Waals surface area contributed by atoms with Crippen LogP contribution in [0.2, 0.25) is 0 Å². The lowest BCUT2D eigenvalue weighted by molar-refractivity contribution is 0.135. The van der Waals surface area contributed by atoms with Gasteiger partial charge in [0.25, 0.3) is 0 Å². The number of hydrogen-bond donors (Lipinski definition) is 3. The summed E-state index contributed by atoms with van der Waals surface area (Å²) < 4.78 is 0. The number of phenols is 1. The SMILES string of the molecule is O=C(O)NOc1cccc(O)c1. The average molecular weight is 169 g/mol. The Kier molecular flexibility index (Phi) is 2.37. The molecule has 0 aliphatic heterocycles. The highest BCUT2D eigenvalue weighted by Crippen LogP contribution is 2.16. The molecule has 0 radical (unpaired) electrons. The van der Waals surface area contributed by atoms with Crippen LogP contribution in [0.1, 0.15) is 0 Å². The van der Waals surface area contributed by atoms with Gasteiger partial charge < -0.3 is 15.1 Å². The molecule has 1 aromatic carbocycles. The molecule has 1 rings (SSSR count). The number of nitrogens with one attached hydrogen (secondary N) is 1. The van der Waals surface area contributed by atoms with Gasteiger partial charge in [0.2, 0.25) is 0 Å². The first-order valence-corrected chi connectivity index (χ1v) is 3.13. The van der Waals surface area contributed by atoms with Crippen LogP contribution >= 0.6 is 0 Å². The van der Waals surface area contributed by atoms with Gasteiger partial charge >= 0.3 is 6.09 Å². The number of aromatic hydroxyl groups is 1. The highest BCUT2D eigenvalue weighted by Gasteiger charge is 1.97. The van der Waals surface area contributed by atoms with Gasteiger partial charge in [-0.05, 0) is 12.1 Å². The van der Waals surface area contributed by atoms with E-state index in [0.29, 0.717) is 0 Å². The third kappa shape index (κ3) is 2.37. The molecule has 0 atom stereocenters. The number of benzene rings is 1. The third-order valence-corrected chi connectivity index (χ3v) is 1.07. The van der Waals surface area contributed by atoms with Crippen LogP contribution in [0, 0.1) is 0 Å². The Morgan fingerprint density at radius 3 is 2.83 bits per heavy atom. The van der Waals surface area contributed by atoms with E-state index in [1.165, 1.54) is 24.3 Å². The monoisotopic (exact) mass is 169 g/mol. The fourth-order valence-corrected chi connectivity index (χ4v) is 0.650. The van der Waals surface area contributed by atoms with Gasteiger partial charge in [-0.2, -0.15) is 5.48 Å². The highest BCUT2D eigenvalue weighted by molar-refractivity contribution is 5.63. The molecule has 0 bridgehead atoms. The molecule has 12 heavy (non-hydrogen) atoms. The summed E-state index contributed by atoms with van der Waals surface area (Å²) in [5, 5.41) is 17.1. The van der Waals surface area contributed by atoms with Crippen molar-refractivity contribution in [3.63, 3.8) is 0 Å². The van der Waals surface area contributed by atoms with E-state index in [1.54, 1.807) is 5.48 Å². The van der Waals surface area contributed by atoms with Crippen LogP contribution in [0.25, 0.3) is 0 Å². The Morgan fingerprint density at radius 1 is 1.50 bits per heavy atom. The fraction of sp³-hybridized carbons (Fsp3) is 0. The summed E-state index contributed by atoms with van der Waals surface area (Å²) in [6.07, 6.45) is -1.29. The molecule has 0 aliphatic carbocycles. The minimum Gasteiger partial charge on any atom is -0.508 e. The summed E-state index contributed by atoms with van der Waals surface area (Å²) in [5.74, 6) is 0.247. The van der Waals surface area contributed by atoms with E-state index >= 15 is 0 Å². The molecule has 1 aromatic rings. The Labute approximate surface area is 68.2 Å². The largest absolute Gasteiger partial charge is 0.508 e. The van der Waals surface area contributed by atoms with E-state index in [-0.39, 0.29) is 11.5 Å². The van der Waals surface area contributed by atoms with E-state index in [9.17, 15) is 4.79 Å². The van der Waals surface area contributed by atoms with Crippen LogP contribution in [0.4, 0.5) is 4.79 Å². The number of phenolic OH excluding ortho intramolecular Hbond substituents is 1. The zero-order valence-electron chi connectivity index (χ0n) is 6.02. The fourth-order valence-electron chi connectivity index (χ4n) is 0.650. The minimum atomic E-state index is -1.29. The van der Waals surface area contributed by atoms with Crippen molar-refractivity contribution >= 4 is 6.09 Å². The molecule has 0 spiro atoms. The summed E-state index contributed by atoms with van der Waals surface area (Å²) in [6, 6.07) is 5.79. The average Bonchev–Trinajstić information content (AvgIpc) is 2.01. The Bertz CT molecular complexity index is 286. The van der Waals surface area contributed by atoms with Crippen molar-refractivity contribution in [2.75, 3.05) is 0 Å². The first-order valence-electron chi connectivity index (χ1n) is 3.13. The van der Waals surface area contributed by atoms with Crippen molar-refractivity contribution in [1.29, 1.82) is 0 Å². The molecular weight excluding hydrogens is 162 g/mol. The van der Waals surface area contributed by atoms with Crippen molar-refractivity contribution in [3.05, 3.63) is 24.3 Å². The predicted molar refractivity (Wildman–Crippen MR) is 39.9 cm³/mol. The molecule has 0 fully saturated rings. The first-order chi connectivity index (χ1) is 5.68. The van der Waals surface area contributed by atoms with Crippen molar-refractivity contribution in [3.8, 4) is 11.5 Å². The van der Waals surface area contributed by atoms with E-state index in [0.717, 1.165) is 0 Å². The smallest absolute Gasteiger partial charge is 0.438 e. The highest BCUT2D eigenvalue weighted by atomic mass is 16.7. The lowest BCUT2D eigenvalue weighted by Gasteiger charge is -2.02. The van der Waals surface area contributed by atoms with Crippen molar-refractivity contribution in [1.82, 2.24) is 5.48 Å². The van der Waals surface area contributed by atoms with Gasteiger partial charge in [-0.25, -0.2) is 4.79 Å². The van der Waals surface area contributed by atoms with Crippen LogP contribution in [-0.2, 0) is 0 Å². The molecule has 0 saturated carbocycles. The van der Waals surface area contributed by atoms with Gasteiger partial charge in [-0.3, -0.25) is 0 Å². The maximum Gasteiger partial charge on any atom is 0.438 e. The standard InChI is InChI=1S/C7H7NO4/c9-5-2-1-3-6(4-5)12-8-7(10)11/h1-4,8-9H,(H,10,11). The predicted octanol–water partition coefficient (Wildman–Crippen LogP) is 0.954. The van der Waals surface area contributed by atoms with Crippen LogP contribution in [0.3, 0.4) is 0 Å². The number of hydroxylamine groups is 1. The number of amides is 1. The number of carboxylic acid groups (broad SMARTS) is 1. The van der Waals surface area contributed by atoms with E-state index in [2.05, 4.69) is 4.84 Å². The zero-order valence-corrected chi connectivity index (χ0v) is 6.02. The second-order valence-electron chi connectivity index (χ2n) is 2.01. The molecule has 5 heteroatoms. The van der Waals surface area contributed by atoms with Crippen molar-refractivity contribution < 1.29 is 19.8 Å². The van der Waals surface area contributed by atoms with Gasteiger partial charge in [0, 0.05) is 6.07 Å². The molecule has 3 N–H and O–H groups in total. The van der Waals surface area contributed by atoms with Gasteiger partial charge in [-0.15, -0.1) is 0 Å². The molecule has 0 heterocycles. The number of rotatable bonds is 2. The lowest BCUT2D eigenvalue weighted by atomic mass is 10.3. The van der Waals surface area contributed by atoms with Crippen LogP contribution in [0.5, 0.6) is 11.5 Å². The zero-order chi connectivity index (χ0) is 8.97. The van der Waals surface area contributed by atoms with Crippen molar-refractivity contribution in [2.45, 2.75) is 0 Å². The molecule has 64 valence electrons. The summed E-state index contributed by atoms with van der Waals surface area (Å²) in [7, 11) is 0.